The van der Waals surface area contributed by atoms with E-state index in [0.717, 1.165) is 22.0 Å². The van der Waals surface area contributed by atoms with Crippen LogP contribution in [0.1, 0.15) is 13.3 Å². The summed E-state index contributed by atoms with van der Waals surface area (Å²) in [6.45, 7) is 10.1. The highest BCUT2D eigenvalue weighted by Crippen LogP contribution is 2.50. The molecule has 19 heavy (non-hydrogen) atoms. The van der Waals surface area contributed by atoms with Gasteiger partial charge in [-0.3, -0.25) is 0 Å². The van der Waals surface area contributed by atoms with Crippen LogP contribution in [0.2, 0.25) is 0 Å². The molecule has 0 aromatic heterocycles. The van der Waals surface area contributed by atoms with E-state index in [4.69, 9.17) is 0 Å². The van der Waals surface area contributed by atoms with Crippen LogP contribution in [0.5, 0.6) is 0 Å². The molecule has 1 heteroatoms. The van der Waals surface area contributed by atoms with Crippen molar-refractivity contribution in [1.29, 1.82) is 0 Å². The Morgan fingerprint density at radius 1 is 1.26 bits per heavy atom. The largest absolute Gasteiger partial charge is 0.358 e. The average Bonchev–Trinajstić information content (AvgIpc) is 3.18. The van der Waals surface area contributed by atoms with Crippen LogP contribution >= 0.6 is 0 Å². The van der Waals surface area contributed by atoms with Crippen molar-refractivity contribution < 1.29 is 0 Å². The van der Waals surface area contributed by atoms with Gasteiger partial charge in [0.1, 0.15) is 0 Å². The SMILES string of the molecule is C=C/C=c1/c(NC2=CC=C(C)C3CC23)cccc1=C. The van der Waals surface area contributed by atoms with Gasteiger partial charge in [0.15, 0.2) is 0 Å². The average molecular weight is 249 g/mol. The number of hydrogen-bond donors (Lipinski definition) is 1. The fraction of sp³-hybridized carbons (Fsp3) is 0.222. The molecule has 2 aliphatic carbocycles. The Morgan fingerprint density at radius 3 is 2.89 bits per heavy atom. The lowest BCUT2D eigenvalue weighted by molar-refractivity contribution is 0.864. The highest BCUT2D eigenvalue weighted by atomic mass is 14.9. The molecule has 3 rings (SSSR count). The summed E-state index contributed by atoms with van der Waals surface area (Å²) < 4.78 is 0. The highest BCUT2D eigenvalue weighted by molar-refractivity contribution is 5.57. The van der Waals surface area contributed by atoms with Crippen molar-refractivity contribution in [2.75, 3.05) is 5.32 Å². The standard InChI is InChI=1S/C18H19N/c1-4-6-14-12(2)7-5-8-17(14)19-18-10-9-13(3)15-11-16(15)18/h4-10,15-16,19H,1-2,11H2,3H3/b14-6+. The lowest BCUT2D eigenvalue weighted by Gasteiger charge is -2.15. The predicted molar refractivity (Wildman–Crippen MR) is 82.9 cm³/mol. The quantitative estimate of drug-likeness (QED) is 0.868. The Morgan fingerprint density at radius 2 is 2.11 bits per heavy atom. The molecule has 1 nitrogen and oxygen atoms in total. The summed E-state index contributed by atoms with van der Waals surface area (Å²) in [5.41, 5.74) is 3.97. The zero-order valence-electron chi connectivity index (χ0n) is 11.3. The third-order valence-corrected chi connectivity index (χ3v) is 4.06. The number of nitrogens with one attached hydrogen (secondary N) is 1. The second-order valence-electron chi connectivity index (χ2n) is 5.39. The van der Waals surface area contributed by atoms with Crippen molar-refractivity contribution in [2.45, 2.75) is 13.3 Å². The molecule has 2 unspecified atom stereocenters. The first-order valence-corrected chi connectivity index (χ1v) is 6.77. The van der Waals surface area contributed by atoms with E-state index in [-0.39, 0.29) is 0 Å². The maximum Gasteiger partial charge on any atom is 0.0461 e. The summed E-state index contributed by atoms with van der Waals surface area (Å²) in [5, 5.41) is 5.74. The maximum absolute atomic E-state index is 4.08. The van der Waals surface area contributed by atoms with Crippen LogP contribution in [0.15, 0.2) is 54.3 Å². The zero-order valence-corrected chi connectivity index (χ0v) is 11.3. The third kappa shape index (κ3) is 2.17. The van der Waals surface area contributed by atoms with Crippen molar-refractivity contribution in [1.82, 2.24) is 0 Å². The maximum atomic E-state index is 4.08. The van der Waals surface area contributed by atoms with E-state index in [1.807, 2.05) is 24.3 Å². The molecule has 1 fully saturated rings. The Hall–Kier alpha value is -2.02. The summed E-state index contributed by atoms with van der Waals surface area (Å²) in [5.74, 6) is 1.46. The van der Waals surface area contributed by atoms with E-state index < -0.39 is 0 Å². The van der Waals surface area contributed by atoms with Crippen molar-refractivity contribution in [2.24, 2.45) is 11.8 Å². The summed E-state index contributed by atoms with van der Waals surface area (Å²) in [7, 11) is 0. The van der Waals surface area contributed by atoms with Crippen LogP contribution in [0.4, 0.5) is 5.69 Å². The van der Waals surface area contributed by atoms with Gasteiger partial charge >= 0.3 is 0 Å². The number of rotatable bonds is 3. The first-order valence-electron chi connectivity index (χ1n) is 6.77. The predicted octanol–water partition coefficient (Wildman–Crippen LogP) is 2.96. The molecule has 1 aromatic carbocycles. The molecule has 0 bridgehead atoms. The number of allylic oxidation sites excluding steroid dienone is 5. The minimum absolute atomic E-state index is 0.690. The fourth-order valence-electron chi connectivity index (χ4n) is 2.84. The molecule has 2 atom stereocenters. The van der Waals surface area contributed by atoms with Gasteiger partial charge in [0.25, 0.3) is 0 Å². The van der Waals surface area contributed by atoms with Crippen LogP contribution in [0, 0.1) is 11.8 Å². The minimum Gasteiger partial charge on any atom is -0.358 e. The van der Waals surface area contributed by atoms with E-state index in [0.29, 0.717) is 5.92 Å². The summed E-state index contributed by atoms with van der Waals surface area (Å²) >= 11 is 0. The molecule has 0 saturated heterocycles. The lowest BCUT2D eigenvalue weighted by Crippen LogP contribution is -2.26. The number of fused-ring (bicyclic) bond motifs is 1. The lowest BCUT2D eigenvalue weighted by atomic mass is 10.0. The summed E-state index contributed by atoms with van der Waals surface area (Å²) in [6.07, 6.45) is 9.57. The van der Waals surface area contributed by atoms with E-state index in [1.54, 1.807) is 0 Å². The van der Waals surface area contributed by atoms with Crippen LogP contribution < -0.4 is 15.8 Å². The molecule has 1 aromatic rings. The zero-order chi connectivity index (χ0) is 13.4. The second kappa shape index (κ2) is 4.58. The minimum atomic E-state index is 0.690. The van der Waals surface area contributed by atoms with Crippen LogP contribution in [0.25, 0.3) is 12.7 Å². The van der Waals surface area contributed by atoms with Gasteiger partial charge in [-0.1, -0.05) is 49.1 Å². The number of anilines is 1. The molecule has 0 aliphatic heterocycles. The van der Waals surface area contributed by atoms with E-state index in [9.17, 15) is 0 Å². The van der Waals surface area contributed by atoms with Crippen LogP contribution in [-0.4, -0.2) is 0 Å². The molecule has 0 heterocycles. The molecular formula is C18H19N. The first-order chi connectivity index (χ1) is 9.20. The van der Waals surface area contributed by atoms with Gasteiger partial charge in [-0.2, -0.15) is 0 Å². The Kier molecular flexibility index (Phi) is 2.90. The van der Waals surface area contributed by atoms with Gasteiger partial charge < -0.3 is 5.32 Å². The van der Waals surface area contributed by atoms with E-state index in [2.05, 4.69) is 43.6 Å². The second-order valence-corrected chi connectivity index (χ2v) is 5.39. The van der Waals surface area contributed by atoms with Gasteiger partial charge in [-0.25, -0.2) is 0 Å². The Balaban J connectivity index is 1.97. The van der Waals surface area contributed by atoms with Crippen LogP contribution in [-0.2, 0) is 0 Å². The molecule has 0 spiro atoms. The van der Waals surface area contributed by atoms with Gasteiger partial charge in [0.05, 0.1) is 0 Å². The van der Waals surface area contributed by atoms with Gasteiger partial charge in [0, 0.05) is 22.5 Å². The van der Waals surface area contributed by atoms with Gasteiger partial charge in [-0.05, 0) is 36.6 Å². The Labute approximate surface area is 114 Å². The van der Waals surface area contributed by atoms with Crippen molar-refractivity contribution in [3.05, 3.63) is 64.7 Å². The molecular weight excluding hydrogens is 230 g/mol. The fourth-order valence-corrected chi connectivity index (χ4v) is 2.84. The molecule has 2 aliphatic rings. The van der Waals surface area contributed by atoms with Crippen molar-refractivity contribution in [3.63, 3.8) is 0 Å². The number of benzene rings is 1. The van der Waals surface area contributed by atoms with E-state index in [1.165, 1.54) is 17.7 Å². The van der Waals surface area contributed by atoms with Crippen LogP contribution in [0.3, 0.4) is 0 Å². The van der Waals surface area contributed by atoms with E-state index >= 15 is 0 Å². The first kappa shape index (κ1) is 12.0. The number of hydrogen-bond acceptors (Lipinski definition) is 1. The highest BCUT2D eigenvalue weighted by Gasteiger charge is 2.42. The molecule has 1 N–H and O–H groups in total. The molecule has 1 saturated carbocycles. The summed E-state index contributed by atoms with van der Waals surface area (Å²) in [6, 6.07) is 6.17. The third-order valence-electron chi connectivity index (χ3n) is 4.06. The van der Waals surface area contributed by atoms with Gasteiger partial charge in [0.2, 0.25) is 0 Å². The van der Waals surface area contributed by atoms with Crippen molar-refractivity contribution in [3.8, 4) is 0 Å². The van der Waals surface area contributed by atoms with Crippen molar-refractivity contribution >= 4 is 18.3 Å². The molecule has 0 radical (unpaired) electrons. The Bertz CT molecular complexity index is 691. The topological polar surface area (TPSA) is 12.0 Å². The normalized spacial score (nSPS) is 25.2. The monoisotopic (exact) mass is 249 g/mol. The molecule has 0 amide bonds. The summed E-state index contributed by atoms with van der Waals surface area (Å²) in [4.78, 5) is 0. The smallest absolute Gasteiger partial charge is 0.0461 e. The van der Waals surface area contributed by atoms with Gasteiger partial charge in [-0.15, -0.1) is 0 Å². The molecule has 96 valence electrons.